The molecule has 1 aromatic rings. The van der Waals surface area contributed by atoms with E-state index in [1.54, 1.807) is 38.7 Å². The monoisotopic (exact) mass is 421 g/mol. The molecule has 0 bridgehead atoms. The number of nitrogens with zero attached hydrogens (tertiary/aromatic N) is 2. The quantitative estimate of drug-likeness (QED) is 0.366. The Balaban J connectivity index is 0.00000441. The van der Waals surface area contributed by atoms with Gasteiger partial charge in [0, 0.05) is 26.9 Å². The van der Waals surface area contributed by atoms with Gasteiger partial charge in [0.25, 0.3) is 0 Å². The third-order valence-electron chi connectivity index (χ3n) is 2.82. The average Bonchev–Trinajstić information content (AvgIpc) is 2.48. The minimum Gasteiger partial charge on any atom is -0.377 e. The molecule has 3 N–H and O–H groups in total. The number of methoxy groups -OCH3 is 1. The maximum Gasteiger partial charge on any atom is 0.243 e. The normalized spacial score (nSPS) is 11.4. The summed E-state index contributed by atoms with van der Waals surface area (Å²) in [5, 5.41) is 8.77. The number of nitrogens with one attached hydrogen (secondary N) is 3. The molecule has 0 radical (unpaired) electrons. The Labute approximate surface area is 148 Å². The van der Waals surface area contributed by atoms with E-state index in [4.69, 9.17) is 4.74 Å². The van der Waals surface area contributed by atoms with Crippen LogP contribution in [0.4, 0.5) is 5.69 Å². The highest BCUT2D eigenvalue weighted by Gasteiger charge is 2.16. The number of carbonyl (C=O) groups is 1. The highest BCUT2D eigenvalue weighted by Crippen LogP contribution is 2.04. The largest absolute Gasteiger partial charge is 0.377 e. The number of guanidine groups is 1. The van der Waals surface area contributed by atoms with Crippen molar-refractivity contribution >= 4 is 41.5 Å². The molecule has 0 aliphatic heterocycles. The van der Waals surface area contributed by atoms with E-state index in [0.717, 1.165) is 0 Å². The molecular weight excluding hydrogens is 397 g/mol. The van der Waals surface area contributed by atoms with E-state index in [1.165, 1.54) is 0 Å². The van der Waals surface area contributed by atoms with Crippen molar-refractivity contribution in [1.29, 1.82) is 0 Å². The second-order valence-electron chi connectivity index (χ2n) is 5.03. The number of pyridine rings is 1. The summed E-state index contributed by atoms with van der Waals surface area (Å²) in [6.45, 7) is 4.61. The fourth-order valence-electron chi connectivity index (χ4n) is 1.40. The van der Waals surface area contributed by atoms with Crippen LogP contribution in [0.3, 0.4) is 0 Å². The van der Waals surface area contributed by atoms with Crippen LogP contribution in [0.15, 0.2) is 29.5 Å². The zero-order valence-corrected chi connectivity index (χ0v) is 15.7. The Morgan fingerprint density at radius 3 is 2.68 bits per heavy atom. The summed E-state index contributed by atoms with van der Waals surface area (Å²) in [6.07, 6.45) is 3.24. The summed E-state index contributed by atoms with van der Waals surface area (Å²) in [5.41, 5.74) is 0.350. The molecule has 0 saturated carbocycles. The number of hydrogen-bond donors (Lipinski definition) is 3. The molecule has 0 aliphatic rings. The van der Waals surface area contributed by atoms with Crippen LogP contribution in [-0.4, -0.2) is 49.7 Å². The smallest absolute Gasteiger partial charge is 0.243 e. The van der Waals surface area contributed by atoms with Gasteiger partial charge in [0.15, 0.2) is 5.96 Å². The van der Waals surface area contributed by atoms with Crippen LogP contribution >= 0.6 is 24.0 Å². The molecule has 1 heterocycles. The molecule has 0 atom stereocenters. The van der Waals surface area contributed by atoms with Crippen molar-refractivity contribution in [3.63, 3.8) is 0 Å². The minimum atomic E-state index is -0.310. The van der Waals surface area contributed by atoms with E-state index in [0.29, 0.717) is 18.2 Å². The zero-order valence-electron chi connectivity index (χ0n) is 13.3. The third-order valence-corrected chi connectivity index (χ3v) is 2.82. The first-order valence-electron chi connectivity index (χ1n) is 6.66. The Hall–Kier alpha value is -1.42. The third kappa shape index (κ3) is 8.13. The van der Waals surface area contributed by atoms with Gasteiger partial charge in [-0.15, -0.1) is 24.0 Å². The van der Waals surface area contributed by atoms with E-state index in [1.807, 2.05) is 13.8 Å². The highest BCUT2D eigenvalue weighted by molar-refractivity contribution is 14.0. The summed E-state index contributed by atoms with van der Waals surface area (Å²) >= 11 is 0. The van der Waals surface area contributed by atoms with Crippen molar-refractivity contribution in [1.82, 2.24) is 15.6 Å². The van der Waals surface area contributed by atoms with Gasteiger partial charge >= 0.3 is 0 Å². The maximum atomic E-state index is 11.8. The van der Waals surface area contributed by atoms with Gasteiger partial charge in [-0.3, -0.25) is 14.8 Å². The Bertz CT molecular complexity index is 479. The predicted octanol–water partition coefficient (Wildman–Crippen LogP) is 1.23. The van der Waals surface area contributed by atoms with Crippen LogP contribution in [0, 0.1) is 0 Å². The van der Waals surface area contributed by atoms with Crippen molar-refractivity contribution in [2.24, 2.45) is 4.99 Å². The van der Waals surface area contributed by atoms with Gasteiger partial charge in [0.2, 0.25) is 5.91 Å². The first-order valence-corrected chi connectivity index (χ1v) is 6.66. The number of halogens is 1. The van der Waals surface area contributed by atoms with Crippen molar-refractivity contribution in [2.45, 2.75) is 19.4 Å². The van der Waals surface area contributed by atoms with E-state index < -0.39 is 0 Å². The zero-order chi connectivity index (χ0) is 15.7. The molecule has 0 unspecified atom stereocenters. The topological polar surface area (TPSA) is 87.6 Å². The van der Waals surface area contributed by atoms with E-state index in [2.05, 4.69) is 25.9 Å². The lowest BCUT2D eigenvalue weighted by Crippen LogP contribution is -2.47. The Morgan fingerprint density at radius 2 is 2.14 bits per heavy atom. The molecular formula is C14H24IN5O2. The van der Waals surface area contributed by atoms with Gasteiger partial charge in [-0.25, -0.2) is 0 Å². The van der Waals surface area contributed by atoms with Gasteiger partial charge in [0.05, 0.1) is 24.0 Å². The lowest BCUT2D eigenvalue weighted by atomic mass is 10.1. The van der Waals surface area contributed by atoms with Crippen molar-refractivity contribution in [3.05, 3.63) is 24.5 Å². The lowest BCUT2D eigenvalue weighted by molar-refractivity contribution is -0.115. The minimum absolute atomic E-state index is 0. The van der Waals surface area contributed by atoms with Gasteiger partial charge in [-0.2, -0.15) is 0 Å². The van der Waals surface area contributed by atoms with Crippen molar-refractivity contribution in [2.75, 3.05) is 32.6 Å². The summed E-state index contributed by atoms with van der Waals surface area (Å²) in [6, 6.07) is 3.54. The molecule has 1 amide bonds. The highest BCUT2D eigenvalue weighted by atomic mass is 127. The summed E-state index contributed by atoms with van der Waals surface area (Å²) in [7, 11) is 3.30. The number of anilines is 1. The van der Waals surface area contributed by atoms with E-state index in [9.17, 15) is 4.79 Å². The molecule has 22 heavy (non-hydrogen) atoms. The molecule has 1 rings (SSSR count). The number of carbonyl (C=O) groups excluding carboxylic acids is 1. The molecule has 1 aromatic heterocycles. The SMILES string of the molecule is CN=C(NCC(=O)Nc1cccnc1)NCC(C)(C)OC.I. The van der Waals surface area contributed by atoms with Crippen LogP contribution < -0.4 is 16.0 Å². The van der Waals surface area contributed by atoms with Crippen LogP contribution in [0.25, 0.3) is 0 Å². The van der Waals surface area contributed by atoms with Gasteiger partial charge in [-0.1, -0.05) is 0 Å². The molecule has 0 saturated heterocycles. The molecule has 0 aromatic carbocycles. The number of aromatic nitrogens is 1. The molecule has 8 heteroatoms. The van der Waals surface area contributed by atoms with Gasteiger partial charge < -0.3 is 20.7 Å². The van der Waals surface area contributed by atoms with Crippen LogP contribution in [0.5, 0.6) is 0 Å². The van der Waals surface area contributed by atoms with Gasteiger partial charge in [-0.05, 0) is 26.0 Å². The number of rotatable bonds is 6. The standard InChI is InChI=1S/C14H23N5O2.HI/c1-14(2,21-4)10-18-13(15-3)17-9-12(20)19-11-6-5-7-16-8-11;/h5-8H,9-10H2,1-4H3,(H,19,20)(H2,15,17,18);1H. The van der Waals surface area contributed by atoms with Crippen molar-refractivity contribution in [3.8, 4) is 0 Å². The second kappa shape index (κ2) is 10.3. The van der Waals surface area contributed by atoms with E-state index in [-0.39, 0.29) is 42.0 Å². The summed E-state index contributed by atoms with van der Waals surface area (Å²) in [5.74, 6) is 0.374. The second-order valence-corrected chi connectivity index (χ2v) is 5.03. The van der Waals surface area contributed by atoms with Gasteiger partial charge in [0.1, 0.15) is 0 Å². The molecule has 124 valence electrons. The van der Waals surface area contributed by atoms with E-state index >= 15 is 0 Å². The van der Waals surface area contributed by atoms with Crippen LogP contribution in [0.1, 0.15) is 13.8 Å². The average molecular weight is 421 g/mol. The van der Waals surface area contributed by atoms with Crippen LogP contribution in [0.2, 0.25) is 0 Å². The molecule has 0 fully saturated rings. The Kier molecular flexibility index (Phi) is 9.66. The summed E-state index contributed by atoms with van der Waals surface area (Å²) in [4.78, 5) is 19.8. The fourth-order valence-corrected chi connectivity index (χ4v) is 1.40. The maximum absolute atomic E-state index is 11.8. The van der Waals surface area contributed by atoms with Crippen molar-refractivity contribution < 1.29 is 9.53 Å². The fraction of sp³-hybridized carbons (Fsp3) is 0.500. The number of aliphatic imine (C=N–C) groups is 1. The number of ether oxygens (including phenoxy) is 1. The first kappa shape index (κ1) is 20.6. The molecule has 7 nitrogen and oxygen atoms in total. The number of hydrogen-bond acceptors (Lipinski definition) is 4. The molecule has 0 aliphatic carbocycles. The summed E-state index contributed by atoms with van der Waals surface area (Å²) < 4.78 is 5.31. The molecule has 0 spiro atoms. The van der Waals surface area contributed by atoms with Crippen LogP contribution in [-0.2, 0) is 9.53 Å². The lowest BCUT2D eigenvalue weighted by Gasteiger charge is -2.24. The predicted molar refractivity (Wildman–Crippen MR) is 98.7 cm³/mol. The Morgan fingerprint density at radius 1 is 1.41 bits per heavy atom. The number of amides is 1. The first-order chi connectivity index (χ1) is 9.96.